The fourth-order valence-electron chi connectivity index (χ4n) is 2.83. The zero-order valence-corrected chi connectivity index (χ0v) is 12.6. The van der Waals surface area contributed by atoms with Crippen molar-refractivity contribution in [2.45, 2.75) is 0 Å². The molecule has 0 saturated heterocycles. The molecule has 3 heteroatoms. The van der Waals surface area contributed by atoms with E-state index in [1.54, 1.807) is 0 Å². The SMILES string of the molecule is Clc1ccc(-c2c3ccccc3n3cc(Cl)ccc23)cc1. The average Bonchev–Trinajstić information content (AvgIpc) is 2.82. The molecular formula is C18H11Cl2N. The standard InChI is InChI=1S/C18H11Cl2N/c19-13-7-5-12(6-8-13)18-15-3-1-2-4-16(15)21-11-14(20)9-10-17(18)21/h1-11H. The zero-order valence-electron chi connectivity index (χ0n) is 11.1. The van der Waals surface area contributed by atoms with E-state index in [-0.39, 0.29) is 0 Å². The number of para-hydroxylation sites is 1. The maximum atomic E-state index is 6.16. The average molecular weight is 312 g/mol. The van der Waals surface area contributed by atoms with Gasteiger partial charge in [0.2, 0.25) is 0 Å². The molecule has 4 rings (SSSR count). The molecule has 102 valence electrons. The van der Waals surface area contributed by atoms with Gasteiger partial charge in [-0.2, -0.15) is 0 Å². The molecule has 0 radical (unpaired) electrons. The summed E-state index contributed by atoms with van der Waals surface area (Å²) in [5.41, 5.74) is 4.65. The van der Waals surface area contributed by atoms with E-state index in [0.717, 1.165) is 26.6 Å². The van der Waals surface area contributed by atoms with Crippen LogP contribution in [0.25, 0.3) is 27.5 Å². The highest BCUT2D eigenvalue weighted by Crippen LogP contribution is 2.36. The van der Waals surface area contributed by atoms with Crippen LogP contribution >= 0.6 is 23.2 Å². The highest BCUT2D eigenvalue weighted by molar-refractivity contribution is 6.31. The monoisotopic (exact) mass is 311 g/mol. The third-order valence-electron chi connectivity index (χ3n) is 3.73. The third kappa shape index (κ3) is 2.01. The Morgan fingerprint density at radius 2 is 1.38 bits per heavy atom. The van der Waals surface area contributed by atoms with Crippen molar-refractivity contribution < 1.29 is 0 Å². The largest absolute Gasteiger partial charge is 0.314 e. The molecule has 0 bridgehead atoms. The van der Waals surface area contributed by atoms with Gasteiger partial charge in [-0.05, 0) is 35.9 Å². The summed E-state index contributed by atoms with van der Waals surface area (Å²) in [4.78, 5) is 0. The van der Waals surface area contributed by atoms with Gasteiger partial charge in [-0.1, -0.05) is 53.5 Å². The van der Waals surface area contributed by atoms with E-state index in [9.17, 15) is 0 Å². The Labute approximate surface area is 132 Å². The molecule has 0 aliphatic rings. The quantitative estimate of drug-likeness (QED) is 0.402. The number of aromatic nitrogens is 1. The van der Waals surface area contributed by atoms with Crippen LogP contribution in [0, 0.1) is 0 Å². The number of halogens is 2. The number of pyridine rings is 1. The second-order valence-corrected chi connectivity index (χ2v) is 5.87. The summed E-state index contributed by atoms with van der Waals surface area (Å²) in [6.45, 7) is 0. The van der Waals surface area contributed by atoms with E-state index in [2.05, 4.69) is 40.8 Å². The molecule has 0 fully saturated rings. The first-order valence-corrected chi connectivity index (χ1v) is 7.44. The highest BCUT2D eigenvalue weighted by Gasteiger charge is 2.13. The summed E-state index contributed by atoms with van der Waals surface area (Å²) in [6.07, 6.45) is 1.96. The van der Waals surface area contributed by atoms with Crippen molar-refractivity contribution in [1.82, 2.24) is 4.40 Å². The number of hydrogen-bond donors (Lipinski definition) is 0. The van der Waals surface area contributed by atoms with Gasteiger partial charge in [-0.25, -0.2) is 0 Å². The van der Waals surface area contributed by atoms with Crippen LogP contribution in [0.5, 0.6) is 0 Å². The molecule has 0 amide bonds. The van der Waals surface area contributed by atoms with Gasteiger partial charge < -0.3 is 4.40 Å². The summed E-state index contributed by atoms with van der Waals surface area (Å²) < 4.78 is 2.14. The van der Waals surface area contributed by atoms with Crippen molar-refractivity contribution in [2.75, 3.05) is 0 Å². The van der Waals surface area contributed by atoms with Gasteiger partial charge in [0.15, 0.2) is 0 Å². The number of fused-ring (bicyclic) bond motifs is 3. The van der Waals surface area contributed by atoms with Crippen molar-refractivity contribution >= 4 is 39.6 Å². The molecule has 0 aliphatic heterocycles. The van der Waals surface area contributed by atoms with Crippen LogP contribution in [0.15, 0.2) is 66.9 Å². The predicted octanol–water partition coefficient (Wildman–Crippen LogP) is 6.07. The second-order valence-electron chi connectivity index (χ2n) is 5.00. The highest BCUT2D eigenvalue weighted by atomic mass is 35.5. The van der Waals surface area contributed by atoms with E-state index in [4.69, 9.17) is 23.2 Å². The van der Waals surface area contributed by atoms with Gasteiger partial charge >= 0.3 is 0 Å². The molecule has 1 nitrogen and oxygen atoms in total. The van der Waals surface area contributed by atoms with Crippen LogP contribution in [-0.2, 0) is 0 Å². The molecular weight excluding hydrogens is 301 g/mol. The fraction of sp³-hybridized carbons (Fsp3) is 0. The molecule has 2 heterocycles. The first-order valence-electron chi connectivity index (χ1n) is 6.68. The molecule has 2 aromatic carbocycles. The molecule has 0 aliphatic carbocycles. The van der Waals surface area contributed by atoms with Gasteiger partial charge in [0.05, 0.1) is 16.1 Å². The first-order chi connectivity index (χ1) is 10.2. The van der Waals surface area contributed by atoms with Crippen LogP contribution in [0.4, 0.5) is 0 Å². The van der Waals surface area contributed by atoms with Crippen molar-refractivity contribution in [1.29, 1.82) is 0 Å². The van der Waals surface area contributed by atoms with E-state index in [1.165, 1.54) is 10.9 Å². The van der Waals surface area contributed by atoms with Crippen molar-refractivity contribution in [3.8, 4) is 11.1 Å². The first kappa shape index (κ1) is 12.8. The summed E-state index contributed by atoms with van der Waals surface area (Å²) in [7, 11) is 0. The van der Waals surface area contributed by atoms with E-state index in [0.29, 0.717) is 0 Å². The Kier molecular flexibility index (Phi) is 2.91. The molecule has 0 unspecified atom stereocenters. The maximum absolute atomic E-state index is 6.16. The maximum Gasteiger partial charge on any atom is 0.0573 e. The van der Waals surface area contributed by atoms with Crippen molar-refractivity contribution in [2.24, 2.45) is 0 Å². The molecule has 2 aromatic heterocycles. The third-order valence-corrected chi connectivity index (χ3v) is 4.21. The summed E-state index contributed by atoms with van der Waals surface area (Å²) in [5, 5.41) is 2.68. The van der Waals surface area contributed by atoms with Crippen molar-refractivity contribution in [3.05, 3.63) is 76.9 Å². The fourth-order valence-corrected chi connectivity index (χ4v) is 3.12. The van der Waals surface area contributed by atoms with Gasteiger partial charge in [-0.3, -0.25) is 0 Å². The number of nitrogens with zero attached hydrogens (tertiary/aromatic N) is 1. The lowest BCUT2D eigenvalue weighted by molar-refractivity contribution is 1.25. The van der Waals surface area contributed by atoms with E-state index < -0.39 is 0 Å². The number of rotatable bonds is 1. The van der Waals surface area contributed by atoms with Gasteiger partial charge in [0.1, 0.15) is 0 Å². The lowest BCUT2D eigenvalue weighted by Gasteiger charge is -2.02. The van der Waals surface area contributed by atoms with Crippen molar-refractivity contribution in [3.63, 3.8) is 0 Å². The van der Waals surface area contributed by atoms with Gasteiger partial charge in [0.25, 0.3) is 0 Å². The van der Waals surface area contributed by atoms with Gasteiger partial charge in [-0.15, -0.1) is 0 Å². The van der Waals surface area contributed by atoms with Crippen LogP contribution in [-0.4, -0.2) is 4.40 Å². The molecule has 0 N–H and O–H groups in total. The lowest BCUT2D eigenvalue weighted by atomic mass is 10.0. The Bertz CT molecular complexity index is 952. The minimum Gasteiger partial charge on any atom is -0.314 e. The minimum absolute atomic E-state index is 0.728. The van der Waals surface area contributed by atoms with Crippen LogP contribution in [0.3, 0.4) is 0 Å². The summed E-state index contributed by atoms with van der Waals surface area (Å²) in [6, 6.07) is 20.3. The minimum atomic E-state index is 0.728. The topological polar surface area (TPSA) is 4.41 Å². The van der Waals surface area contributed by atoms with E-state index in [1.807, 2.05) is 30.5 Å². The van der Waals surface area contributed by atoms with E-state index >= 15 is 0 Å². The van der Waals surface area contributed by atoms with Crippen LogP contribution in [0.1, 0.15) is 0 Å². The van der Waals surface area contributed by atoms with Crippen LogP contribution < -0.4 is 0 Å². The second kappa shape index (κ2) is 4.80. The molecule has 0 saturated carbocycles. The summed E-state index contributed by atoms with van der Waals surface area (Å²) in [5.74, 6) is 0. The Morgan fingerprint density at radius 3 is 2.19 bits per heavy atom. The Hall–Kier alpha value is -1.96. The zero-order chi connectivity index (χ0) is 14.4. The smallest absolute Gasteiger partial charge is 0.0573 e. The molecule has 0 spiro atoms. The van der Waals surface area contributed by atoms with Crippen LogP contribution in [0.2, 0.25) is 10.0 Å². The van der Waals surface area contributed by atoms with Gasteiger partial charge in [0, 0.05) is 22.2 Å². The number of hydrogen-bond acceptors (Lipinski definition) is 0. The predicted molar refractivity (Wildman–Crippen MR) is 90.4 cm³/mol. The molecule has 21 heavy (non-hydrogen) atoms. The molecule has 4 aromatic rings. The lowest BCUT2D eigenvalue weighted by Crippen LogP contribution is -1.83. The normalized spacial score (nSPS) is 11.3. The Morgan fingerprint density at radius 1 is 0.667 bits per heavy atom. The summed E-state index contributed by atoms with van der Waals surface area (Å²) >= 11 is 12.2. The number of benzene rings is 2. The molecule has 0 atom stereocenters. The Balaban J connectivity index is 2.17.